The quantitative estimate of drug-likeness (QED) is 0.732. The van der Waals surface area contributed by atoms with Crippen LogP contribution in [0.5, 0.6) is 0 Å². The number of benzene rings is 2. The van der Waals surface area contributed by atoms with Gasteiger partial charge < -0.3 is 5.32 Å². The average molecular weight is 412 g/mol. The molecule has 29 heavy (non-hydrogen) atoms. The normalized spacial score (nSPS) is 14.9. The van der Waals surface area contributed by atoms with Crippen molar-refractivity contribution in [1.29, 1.82) is 0 Å². The molecule has 0 fully saturated rings. The first kappa shape index (κ1) is 20.8. The lowest BCUT2D eigenvalue weighted by molar-refractivity contribution is -0.111. The Bertz CT molecular complexity index is 1040. The van der Waals surface area contributed by atoms with E-state index in [0.717, 1.165) is 30.4 Å². The zero-order valence-electron chi connectivity index (χ0n) is 16.4. The highest BCUT2D eigenvalue weighted by Crippen LogP contribution is 2.17. The monoisotopic (exact) mass is 411 g/mol. The number of aliphatic imine (C=N–C) groups is 1. The Balaban J connectivity index is 1.69. The van der Waals surface area contributed by atoms with E-state index in [1.165, 1.54) is 18.2 Å². The molecule has 2 aromatic rings. The summed E-state index contributed by atoms with van der Waals surface area (Å²) in [5.41, 5.74) is 2.43. The van der Waals surface area contributed by atoms with Gasteiger partial charge in [-0.25, -0.2) is 8.42 Å². The summed E-state index contributed by atoms with van der Waals surface area (Å²) in [6, 6.07) is 13.9. The van der Waals surface area contributed by atoms with Crippen molar-refractivity contribution in [2.45, 2.75) is 37.5 Å². The largest absolute Gasteiger partial charge is 0.322 e. The topological polar surface area (TPSA) is 87.6 Å². The first-order valence-electron chi connectivity index (χ1n) is 9.65. The zero-order chi connectivity index (χ0) is 20.7. The summed E-state index contributed by atoms with van der Waals surface area (Å²) in [5, 5.41) is 2.71. The molecule has 0 radical (unpaired) electrons. The molecule has 0 unspecified atom stereocenters. The number of carbonyl (C=O) groups excluding carboxylic acids is 1. The molecule has 0 atom stereocenters. The minimum Gasteiger partial charge on any atom is -0.322 e. The molecule has 1 heterocycles. The maximum absolute atomic E-state index is 12.7. The molecular formula is C22H25N3O3S. The van der Waals surface area contributed by atoms with Crippen LogP contribution in [0.3, 0.4) is 0 Å². The number of aryl methyl sites for hydroxylation is 1. The number of anilines is 1. The number of hydrogen-bond acceptors (Lipinski definition) is 4. The van der Waals surface area contributed by atoms with Crippen LogP contribution in [0.2, 0.25) is 0 Å². The number of nitrogens with zero attached hydrogens (tertiary/aromatic N) is 1. The van der Waals surface area contributed by atoms with Crippen LogP contribution in [0.4, 0.5) is 5.69 Å². The van der Waals surface area contributed by atoms with E-state index in [1.807, 2.05) is 31.2 Å². The summed E-state index contributed by atoms with van der Waals surface area (Å²) in [7, 11) is -3.75. The van der Waals surface area contributed by atoms with Gasteiger partial charge in [-0.2, -0.15) is 0 Å². The lowest BCUT2D eigenvalue weighted by atomic mass is 10.1. The number of rotatable bonds is 5. The van der Waals surface area contributed by atoms with Crippen LogP contribution in [0, 0.1) is 6.92 Å². The Morgan fingerprint density at radius 3 is 2.72 bits per heavy atom. The number of hydrogen-bond donors (Lipinski definition) is 2. The molecule has 152 valence electrons. The number of nitrogens with one attached hydrogen (secondary N) is 2. The molecule has 0 saturated carbocycles. The number of sulfonamides is 1. The van der Waals surface area contributed by atoms with Crippen LogP contribution in [-0.4, -0.2) is 26.7 Å². The standard InChI is InChI=1S/C22H25N3O3S/c1-17-8-4-5-9-18(17)13-14-22(26)24-19-10-7-11-20(16-19)29(27,28)25-21-12-3-2-6-15-23-21/h4-5,7-11,13-14,16H,2-3,6,12,15H2,1H3,(H,23,25)(H,24,26). The SMILES string of the molecule is Cc1ccccc1C=CC(=O)Nc1cccc(S(=O)(=O)NC2=NCCCCC2)c1. The third-order valence-corrected chi connectivity index (χ3v) is 6.02. The summed E-state index contributed by atoms with van der Waals surface area (Å²) in [5.74, 6) is 0.169. The number of carbonyl (C=O) groups is 1. The van der Waals surface area contributed by atoms with Gasteiger partial charge in [-0.15, -0.1) is 0 Å². The van der Waals surface area contributed by atoms with E-state index in [2.05, 4.69) is 15.0 Å². The van der Waals surface area contributed by atoms with E-state index in [4.69, 9.17) is 0 Å². The van der Waals surface area contributed by atoms with Crippen molar-refractivity contribution < 1.29 is 13.2 Å². The van der Waals surface area contributed by atoms with Gasteiger partial charge in [0.05, 0.1) is 4.90 Å². The van der Waals surface area contributed by atoms with Gasteiger partial charge >= 0.3 is 0 Å². The summed E-state index contributed by atoms with van der Waals surface area (Å²) in [6.45, 7) is 2.61. The van der Waals surface area contributed by atoms with Crippen LogP contribution >= 0.6 is 0 Å². The van der Waals surface area contributed by atoms with Gasteiger partial charge in [0, 0.05) is 24.7 Å². The Hall–Kier alpha value is -2.93. The van der Waals surface area contributed by atoms with Crippen molar-refractivity contribution in [2.24, 2.45) is 4.99 Å². The van der Waals surface area contributed by atoms with E-state index in [9.17, 15) is 13.2 Å². The summed E-state index contributed by atoms with van der Waals surface area (Å²) in [4.78, 5) is 16.6. The fraction of sp³-hybridized carbons (Fsp3) is 0.273. The Morgan fingerprint density at radius 2 is 1.90 bits per heavy atom. The van der Waals surface area contributed by atoms with E-state index in [1.54, 1.807) is 18.2 Å². The van der Waals surface area contributed by atoms with Gasteiger partial charge in [0.1, 0.15) is 5.84 Å². The predicted octanol–water partition coefficient (Wildman–Crippen LogP) is 3.90. The molecule has 0 bridgehead atoms. The highest BCUT2D eigenvalue weighted by Gasteiger charge is 2.17. The molecule has 0 saturated heterocycles. The van der Waals surface area contributed by atoms with Crippen LogP contribution in [0.1, 0.15) is 36.8 Å². The molecule has 1 aliphatic rings. The molecule has 3 rings (SSSR count). The Kier molecular flexibility index (Phi) is 6.82. The van der Waals surface area contributed by atoms with Crippen molar-refractivity contribution in [2.75, 3.05) is 11.9 Å². The molecule has 2 aromatic carbocycles. The van der Waals surface area contributed by atoms with Gasteiger partial charge in [-0.1, -0.05) is 36.8 Å². The second-order valence-corrected chi connectivity index (χ2v) is 8.63. The summed E-state index contributed by atoms with van der Waals surface area (Å²) < 4.78 is 27.9. The third kappa shape index (κ3) is 6.02. The first-order valence-corrected chi connectivity index (χ1v) is 11.1. The number of amides is 1. The van der Waals surface area contributed by atoms with Crippen molar-refractivity contribution in [3.63, 3.8) is 0 Å². The predicted molar refractivity (Wildman–Crippen MR) is 116 cm³/mol. The third-order valence-electron chi connectivity index (χ3n) is 4.64. The van der Waals surface area contributed by atoms with Gasteiger partial charge in [0.2, 0.25) is 5.91 Å². The summed E-state index contributed by atoms with van der Waals surface area (Å²) >= 11 is 0. The minimum atomic E-state index is -3.75. The van der Waals surface area contributed by atoms with Crippen molar-refractivity contribution in [3.05, 3.63) is 65.7 Å². The smallest absolute Gasteiger partial charge is 0.262 e. The number of amidine groups is 1. The van der Waals surface area contributed by atoms with Crippen LogP contribution < -0.4 is 10.0 Å². The molecule has 7 heteroatoms. The van der Waals surface area contributed by atoms with Crippen LogP contribution in [-0.2, 0) is 14.8 Å². The minimum absolute atomic E-state index is 0.0881. The zero-order valence-corrected chi connectivity index (χ0v) is 17.2. The van der Waals surface area contributed by atoms with E-state index < -0.39 is 10.0 Å². The molecule has 1 aliphatic heterocycles. The summed E-state index contributed by atoms with van der Waals surface area (Å²) in [6.07, 6.45) is 6.73. The van der Waals surface area contributed by atoms with Crippen LogP contribution in [0.25, 0.3) is 6.08 Å². The van der Waals surface area contributed by atoms with E-state index >= 15 is 0 Å². The van der Waals surface area contributed by atoms with E-state index in [-0.39, 0.29) is 10.8 Å². The molecule has 2 N–H and O–H groups in total. The average Bonchev–Trinajstić information content (AvgIpc) is 2.96. The fourth-order valence-electron chi connectivity index (χ4n) is 3.04. The highest BCUT2D eigenvalue weighted by molar-refractivity contribution is 7.90. The highest BCUT2D eigenvalue weighted by atomic mass is 32.2. The van der Waals surface area contributed by atoms with Crippen molar-refractivity contribution in [1.82, 2.24) is 4.72 Å². The maximum atomic E-state index is 12.7. The Labute approximate surface area is 171 Å². The Morgan fingerprint density at radius 1 is 1.07 bits per heavy atom. The molecule has 0 aliphatic carbocycles. The second kappa shape index (κ2) is 9.52. The molecule has 0 aromatic heterocycles. The first-order chi connectivity index (χ1) is 13.9. The van der Waals surface area contributed by atoms with Gasteiger partial charge in [0.15, 0.2) is 0 Å². The van der Waals surface area contributed by atoms with Gasteiger partial charge in [-0.05, 0) is 55.2 Å². The van der Waals surface area contributed by atoms with Crippen molar-refractivity contribution >= 4 is 33.5 Å². The lowest BCUT2D eigenvalue weighted by Gasteiger charge is -2.11. The molecule has 6 nitrogen and oxygen atoms in total. The van der Waals surface area contributed by atoms with Gasteiger partial charge in [-0.3, -0.25) is 14.5 Å². The molecular weight excluding hydrogens is 386 g/mol. The van der Waals surface area contributed by atoms with Gasteiger partial charge in [0.25, 0.3) is 10.0 Å². The molecule has 1 amide bonds. The van der Waals surface area contributed by atoms with E-state index in [0.29, 0.717) is 24.5 Å². The van der Waals surface area contributed by atoms with Crippen LogP contribution in [0.15, 0.2) is 64.5 Å². The van der Waals surface area contributed by atoms with Crippen molar-refractivity contribution in [3.8, 4) is 0 Å². The molecule has 0 spiro atoms. The fourth-order valence-corrected chi connectivity index (χ4v) is 4.17. The lowest BCUT2D eigenvalue weighted by Crippen LogP contribution is -2.30. The second-order valence-electron chi connectivity index (χ2n) is 6.95. The maximum Gasteiger partial charge on any atom is 0.262 e.